The highest BCUT2D eigenvalue weighted by molar-refractivity contribution is 6.03. The molecule has 0 heterocycles. The summed E-state index contributed by atoms with van der Waals surface area (Å²) >= 11 is 0. The molecule has 0 aliphatic rings. The molecule has 0 atom stereocenters. The van der Waals surface area contributed by atoms with E-state index in [0.29, 0.717) is 11.4 Å². The summed E-state index contributed by atoms with van der Waals surface area (Å²) in [5.74, 6) is -0.221. The van der Waals surface area contributed by atoms with E-state index in [0.717, 1.165) is 16.8 Å². The molecule has 4 nitrogen and oxygen atoms in total. The van der Waals surface area contributed by atoms with E-state index in [4.69, 9.17) is 5.73 Å². The van der Waals surface area contributed by atoms with Crippen LogP contribution in [-0.2, 0) is 4.79 Å². The summed E-state index contributed by atoms with van der Waals surface area (Å²) < 4.78 is 0. The van der Waals surface area contributed by atoms with Crippen LogP contribution in [0, 0.1) is 0 Å². The molecule has 3 aromatic rings. The lowest BCUT2D eigenvalue weighted by atomic mass is 10.2. The highest BCUT2D eigenvalue weighted by Crippen LogP contribution is 2.17. The second-order valence-electron chi connectivity index (χ2n) is 5.92. The number of para-hydroxylation sites is 2. The summed E-state index contributed by atoms with van der Waals surface area (Å²) in [7, 11) is 0. The summed E-state index contributed by atoms with van der Waals surface area (Å²) in [6, 6.07) is 25.1. The largest absolute Gasteiger partial charge is 0.397 e. The number of nitrogen functional groups attached to an aromatic ring is 1. The van der Waals surface area contributed by atoms with E-state index in [9.17, 15) is 4.79 Å². The van der Waals surface area contributed by atoms with E-state index in [1.165, 1.54) is 6.08 Å². The van der Waals surface area contributed by atoms with Crippen molar-refractivity contribution in [3.8, 4) is 0 Å². The first-order valence-electron chi connectivity index (χ1n) is 8.62. The van der Waals surface area contributed by atoms with Crippen molar-refractivity contribution >= 4 is 35.1 Å². The molecule has 4 N–H and O–H groups in total. The number of carbonyl (C=O) groups excluding carboxylic acids is 1. The first-order chi connectivity index (χ1) is 13.2. The topological polar surface area (TPSA) is 67.1 Å². The average molecular weight is 355 g/mol. The van der Waals surface area contributed by atoms with Crippen LogP contribution < -0.4 is 16.4 Å². The number of carbonyl (C=O) groups is 1. The molecule has 0 saturated heterocycles. The van der Waals surface area contributed by atoms with Gasteiger partial charge in [0.1, 0.15) is 0 Å². The fourth-order valence-electron chi connectivity index (χ4n) is 2.45. The molecule has 3 rings (SSSR count). The maximum Gasteiger partial charge on any atom is 0.248 e. The van der Waals surface area contributed by atoms with Crippen molar-refractivity contribution in [1.29, 1.82) is 0 Å². The number of benzene rings is 3. The maximum atomic E-state index is 12.0. The molecular formula is C23H21N3O. The van der Waals surface area contributed by atoms with Gasteiger partial charge in [-0.15, -0.1) is 0 Å². The smallest absolute Gasteiger partial charge is 0.248 e. The Balaban J connectivity index is 1.54. The monoisotopic (exact) mass is 355 g/mol. The molecule has 0 aliphatic carbocycles. The predicted octanol–water partition coefficient (Wildman–Crippen LogP) is 5.00. The molecule has 0 aliphatic heterocycles. The number of nitrogens with one attached hydrogen (secondary N) is 2. The minimum absolute atomic E-state index is 0.221. The molecule has 4 heteroatoms. The van der Waals surface area contributed by atoms with Gasteiger partial charge in [-0.1, -0.05) is 54.6 Å². The van der Waals surface area contributed by atoms with Crippen LogP contribution in [0.1, 0.15) is 11.1 Å². The minimum atomic E-state index is -0.221. The normalized spacial score (nSPS) is 11.0. The van der Waals surface area contributed by atoms with Crippen molar-refractivity contribution in [3.05, 3.63) is 102 Å². The molecule has 0 radical (unpaired) electrons. The fraction of sp³-hybridized carbons (Fsp3) is 0. The van der Waals surface area contributed by atoms with Crippen LogP contribution in [0.3, 0.4) is 0 Å². The number of anilines is 3. The molecule has 3 aromatic carbocycles. The van der Waals surface area contributed by atoms with E-state index in [1.54, 1.807) is 18.2 Å². The van der Waals surface area contributed by atoms with E-state index >= 15 is 0 Å². The van der Waals surface area contributed by atoms with Crippen LogP contribution in [0.4, 0.5) is 17.1 Å². The fourth-order valence-corrected chi connectivity index (χ4v) is 2.45. The minimum Gasteiger partial charge on any atom is -0.397 e. The first-order valence-corrected chi connectivity index (χ1v) is 8.62. The zero-order valence-corrected chi connectivity index (χ0v) is 14.8. The summed E-state index contributed by atoms with van der Waals surface area (Å²) in [6.45, 7) is 0. The Labute approximate surface area is 159 Å². The Morgan fingerprint density at radius 3 is 2.19 bits per heavy atom. The van der Waals surface area contributed by atoms with Crippen LogP contribution >= 0.6 is 0 Å². The molecule has 27 heavy (non-hydrogen) atoms. The Hall–Kier alpha value is -3.79. The van der Waals surface area contributed by atoms with Crippen LogP contribution in [0.25, 0.3) is 12.2 Å². The Kier molecular flexibility index (Phi) is 6.04. The molecule has 134 valence electrons. The van der Waals surface area contributed by atoms with E-state index in [2.05, 4.69) is 10.6 Å². The van der Waals surface area contributed by atoms with Gasteiger partial charge in [-0.25, -0.2) is 0 Å². The number of amides is 1. The van der Waals surface area contributed by atoms with Crippen molar-refractivity contribution in [2.75, 3.05) is 16.4 Å². The van der Waals surface area contributed by atoms with Gasteiger partial charge < -0.3 is 16.4 Å². The molecule has 1 amide bonds. The molecule has 0 aromatic heterocycles. The van der Waals surface area contributed by atoms with Crippen molar-refractivity contribution in [1.82, 2.24) is 0 Å². The number of nitrogens with two attached hydrogens (primary N) is 1. The van der Waals surface area contributed by atoms with Crippen molar-refractivity contribution in [3.63, 3.8) is 0 Å². The molecule has 0 spiro atoms. The van der Waals surface area contributed by atoms with Gasteiger partial charge in [0.2, 0.25) is 5.91 Å². The SMILES string of the molecule is Nc1ccccc1NC(=O)C=Cc1ccc(NC=Cc2ccccc2)cc1. The van der Waals surface area contributed by atoms with Gasteiger partial charge in [0.15, 0.2) is 0 Å². The van der Waals surface area contributed by atoms with Gasteiger partial charge in [-0.2, -0.15) is 0 Å². The molecule has 0 bridgehead atoms. The predicted molar refractivity (Wildman–Crippen MR) is 114 cm³/mol. The molecule has 0 fully saturated rings. The highest BCUT2D eigenvalue weighted by atomic mass is 16.1. The summed E-state index contributed by atoms with van der Waals surface area (Å²) in [4.78, 5) is 12.0. The van der Waals surface area contributed by atoms with Crippen molar-refractivity contribution in [2.45, 2.75) is 0 Å². The lowest BCUT2D eigenvalue weighted by Crippen LogP contribution is -2.09. The first kappa shape index (κ1) is 18.0. The third-order valence-corrected chi connectivity index (χ3v) is 3.88. The third kappa shape index (κ3) is 5.61. The summed E-state index contributed by atoms with van der Waals surface area (Å²) in [5.41, 5.74) is 10.0. The van der Waals surface area contributed by atoms with Crippen molar-refractivity contribution < 1.29 is 4.79 Å². The van der Waals surface area contributed by atoms with E-state index in [-0.39, 0.29) is 5.91 Å². The summed E-state index contributed by atoms with van der Waals surface area (Å²) in [6.07, 6.45) is 7.16. The van der Waals surface area contributed by atoms with Crippen LogP contribution in [0.15, 0.2) is 91.1 Å². The Bertz CT molecular complexity index is 945. The average Bonchev–Trinajstić information content (AvgIpc) is 2.70. The van der Waals surface area contributed by atoms with Crippen molar-refractivity contribution in [2.24, 2.45) is 0 Å². The maximum absolute atomic E-state index is 12.0. The summed E-state index contributed by atoms with van der Waals surface area (Å²) in [5, 5.41) is 5.99. The Morgan fingerprint density at radius 2 is 1.44 bits per heavy atom. The quantitative estimate of drug-likeness (QED) is 0.430. The van der Waals surface area contributed by atoms with E-state index < -0.39 is 0 Å². The number of hydrogen-bond acceptors (Lipinski definition) is 3. The molecular weight excluding hydrogens is 334 g/mol. The zero-order valence-electron chi connectivity index (χ0n) is 14.8. The molecule has 0 unspecified atom stereocenters. The van der Waals surface area contributed by atoms with Gasteiger partial charge >= 0.3 is 0 Å². The van der Waals surface area contributed by atoms with Gasteiger partial charge in [0.25, 0.3) is 0 Å². The van der Waals surface area contributed by atoms with Gasteiger partial charge in [0, 0.05) is 18.0 Å². The third-order valence-electron chi connectivity index (χ3n) is 3.88. The van der Waals surface area contributed by atoms with Crippen LogP contribution in [-0.4, -0.2) is 5.91 Å². The number of hydrogen-bond donors (Lipinski definition) is 3. The highest BCUT2D eigenvalue weighted by Gasteiger charge is 2.00. The molecule has 0 saturated carbocycles. The zero-order chi connectivity index (χ0) is 18.9. The number of rotatable bonds is 6. The lowest BCUT2D eigenvalue weighted by molar-refractivity contribution is -0.111. The lowest BCUT2D eigenvalue weighted by Gasteiger charge is -2.05. The van der Waals surface area contributed by atoms with Crippen LogP contribution in [0.2, 0.25) is 0 Å². The Morgan fingerprint density at radius 1 is 0.778 bits per heavy atom. The standard InChI is InChI=1S/C23H21N3O/c24-21-8-4-5-9-22(21)26-23(27)15-12-19-10-13-20(14-11-19)25-17-16-18-6-2-1-3-7-18/h1-17,25H,24H2,(H,26,27). The van der Waals surface area contributed by atoms with Gasteiger partial charge in [-0.3, -0.25) is 4.79 Å². The van der Waals surface area contributed by atoms with Crippen LogP contribution in [0.5, 0.6) is 0 Å². The van der Waals surface area contributed by atoms with Gasteiger partial charge in [-0.05, 0) is 47.5 Å². The van der Waals surface area contributed by atoms with Gasteiger partial charge in [0.05, 0.1) is 11.4 Å². The second-order valence-corrected chi connectivity index (χ2v) is 5.92. The van der Waals surface area contributed by atoms with E-state index in [1.807, 2.05) is 79.0 Å². The second kappa shape index (κ2) is 9.06.